The summed E-state index contributed by atoms with van der Waals surface area (Å²) in [6.07, 6.45) is 0.893. The van der Waals surface area contributed by atoms with Crippen molar-refractivity contribution >= 4 is 21.6 Å². The lowest BCUT2D eigenvalue weighted by molar-refractivity contribution is 0.272. The van der Waals surface area contributed by atoms with Gasteiger partial charge in [0.25, 0.3) is 5.56 Å². The normalized spacial score (nSPS) is 14.9. The number of likely N-dealkylation sites (N-methyl/N-ethyl adjacent to an activating group) is 1. The minimum atomic E-state index is -0.141. The summed E-state index contributed by atoms with van der Waals surface area (Å²) in [4.78, 5) is 22.0. The summed E-state index contributed by atoms with van der Waals surface area (Å²) in [5, 5.41) is 0.712. The molecule has 1 aliphatic heterocycles. The summed E-state index contributed by atoms with van der Waals surface area (Å²) in [5.41, 5.74) is 3.03. The van der Waals surface area contributed by atoms with Gasteiger partial charge in [0.05, 0.1) is 5.39 Å². The van der Waals surface area contributed by atoms with Crippen LogP contribution in [0.1, 0.15) is 22.9 Å². The Morgan fingerprint density at radius 3 is 2.75 bits per heavy atom. The minimum Gasteiger partial charge on any atom is -0.334 e. The van der Waals surface area contributed by atoms with Crippen molar-refractivity contribution in [3.63, 3.8) is 0 Å². The predicted octanol–water partition coefficient (Wildman–Crippen LogP) is 2.53. The van der Waals surface area contributed by atoms with Gasteiger partial charge < -0.3 is 5.84 Å². The van der Waals surface area contributed by atoms with Crippen LogP contribution < -0.4 is 11.4 Å². The number of aryl methyl sites for hydroxylation is 1. The fraction of sp³-hybridized carbons (Fsp3) is 0.333. The third kappa shape index (κ3) is 2.34. The Hall–Kier alpha value is -2.18. The van der Waals surface area contributed by atoms with Gasteiger partial charge in [-0.3, -0.25) is 9.69 Å². The molecule has 0 aliphatic carbocycles. The smallest absolute Gasteiger partial charge is 0.281 e. The molecule has 2 aromatic heterocycles. The summed E-state index contributed by atoms with van der Waals surface area (Å²) >= 11 is 1.63. The van der Waals surface area contributed by atoms with E-state index in [2.05, 4.69) is 11.8 Å². The van der Waals surface area contributed by atoms with Crippen LogP contribution in [0, 0.1) is 6.92 Å². The average Bonchev–Trinajstić information content (AvgIpc) is 2.96. The zero-order chi connectivity index (χ0) is 16.8. The molecule has 0 bridgehead atoms. The van der Waals surface area contributed by atoms with Crippen LogP contribution in [0.25, 0.3) is 21.6 Å². The van der Waals surface area contributed by atoms with Gasteiger partial charge in [-0.25, -0.2) is 9.66 Å². The monoisotopic (exact) mass is 340 g/mol. The second-order valence-electron chi connectivity index (χ2n) is 6.28. The molecule has 0 radical (unpaired) electrons. The molecule has 4 rings (SSSR count). The van der Waals surface area contributed by atoms with Gasteiger partial charge in [0.2, 0.25) is 0 Å². The highest BCUT2D eigenvalue weighted by Gasteiger charge is 2.24. The van der Waals surface area contributed by atoms with Gasteiger partial charge in [0.15, 0.2) is 5.82 Å². The number of nitrogens with two attached hydrogens (primary N) is 1. The van der Waals surface area contributed by atoms with Crippen LogP contribution in [0.4, 0.5) is 0 Å². The van der Waals surface area contributed by atoms with E-state index in [9.17, 15) is 4.79 Å². The third-order valence-electron chi connectivity index (χ3n) is 4.74. The van der Waals surface area contributed by atoms with Crippen LogP contribution in [0.2, 0.25) is 0 Å². The highest BCUT2D eigenvalue weighted by atomic mass is 32.1. The molecule has 0 saturated heterocycles. The van der Waals surface area contributed by atoms with Crippen molar-refractivity contribution in [2.75, 3.05) is 18.9 Å². The van der Waals surface area contributed by atoms with Gasteiger partial charge in [-0.15, -0.1) is 11.3 Å². The van der Waals surface area contributed by atoms with Crippen LogP contribution in [-0.2, 0) is 13.0 Å². The van der Waals surface area contributed by atoms with E-state index in [1.54, 1.807) is 11.3 Å². The zero-order valence-electron chi connectivity index (χ0n) is 13.9. The van der Waals surface area contributed by atoms with Gasteiger partial charge in [0, 0.05) is 23.5 Å². The second-order valence-corrected chi connectivity index (χ2v) is 7.36. The topological polar surface area (TPSA) is 64.2 Å². The van der Waals surface area contributed by atoms with Crippen LogP contribution in [0.5, 0.6) is 0 Å². The van der Waals surface area contributed by atoms with E-state index in [0.29, 0.717) is 11.2 Å². The van der Waals surface area contributed by atoms with Gasteiger partial charge >= 0.3 is 0 Å². The molecule has 1 aromatic carbocycles. The summed E-state index contributed by atoms with van der Waals surface area (Å²) < 4.78 is 1.20. The third-order valence-corrected chi connectivity index (χ3v) is 5.85. The van der Waals surface area contributed by atoms with E-state index in [1.807, 2.05) is 31.2 Å². The highest BCUT2D eigenvalue weighted by molar-refractivity contribution is 7.18. The lowest BCUT2D eigenvalue weighted by Gasteiger charge is -2.24. The summed E-state index contributed by atoms with van der Waals surface area (Å²) in [6.45, 7) is 7.11. The van der Waals surface area contributed by atoms with Crippen molar-refractivity contribution in [2.24, 2.45) is 0 Å². The number of rotatable bonds is 2. The first-order valence-electron chi connectivity index (χ1n) is 8.20. The van der Waals surface area contributed by atoms with Crippen molar-refractivity contribution in [3.05, 3.63) is 50.6 Å². The summed E-state index contributed by atoms with van der Waals surface area (Å²) in [7, 11) is 0. The molecule has 3 aromatic rings. The van der Waals surface area contributed by atoms with Gasteiger partial charge in [-0.05, 0) is 25.5 Å². The number of nitrogen functional groups attached to an aromatic ring is 1. The predicted molar refractivity (Wildman–Crippen MR) is 98.9 cm³/mol. The Morgan fingerprint density at radius 1 is 1.29 bits per heavy atom. The number of hydrogen-bond acceptors (Lipinski definition) is 5. The van der Waals surface area contributed by atoms with E-state index < -0.39 is 0 Å². The first kappa shape index (κ1) is 15.4. The first-order valence-corrected chi connectivity index (χ1v) is 9.02. The standard InChI is InChI=1S/C18H20N4OS/c1-3-21-9-8-13-14(10-21)24-17-15(13)18(23)22(19)16(20-17)12-6-4-11(2)5-7-12/h4-7H,3,8-10,19H2,1-2H3. The van der Waals surface area contributed by atoms with Crippen LogP contribution in [-0.4, -0.2) is 27.6 Å². The van der Waals surface area contributed by atoms with E-state index in [4.69, 9.17) is 10.8 Å². The fourth-order valence-electron chi connectivity index (χ4n) is 3.28. The largest absolute Gasteiger partial charge is 0.334 e. The van der Waals surface area contributed by atoms with Gasteiger partial charge in [-0.2, -0.15) is 0 Å². The number of thiophene rings is 1. The zero-order valence-corrected chi connectivity index (χ0v) is 14.7. The van der Waals surface area contributed by atoms with E-state index in [0.717, 1.165) is 47.6 Å². The minimum absolute atomic E-state index is 0.141. The summed E-state index contributed by atoms with van der Waals surface area (Å²) in [6, 6.07) is 7.92. The fourth-order valence-corrected chi connectivity index (χ4v) is 4.54. The maximum atomic E-state index is 12.9. The molecule has 0 amide bonds. The SMILES string of the molecule is CCN1CCc2c(sc3nc(-c4ccc(C)cc4)n(N)c(=O)c23)C1. The summed E-state index contributed by atoms with van der Waals surface area (Å²) in [5.74, 6) is 6.63. The number of hydrogen-bond donors (Lipinski definition) is 1. The molecule has 6 heteroatoms. The van der Waals surface area contributed by atoms with E-state index in [1.165, 1.54) is 9.55 Å². The van der Waals surface area contributed by atoms with E-state index in [-0.39, 0.29) is 5.56 Å². The van der Waals surface area contributed by atoms with Crippen molar-refractivity contribution in [1.29, 1.82) is 0 Å². The molecule has 5 nitrogen and oxygen atoms in total. The number of aromatic nitrogens is 2. The Bertz CT molecular complexity index is 971. The molecule has 124 valence electrons. The molecule has 3 heterocycles. The molecule has 0 spiro atoms. The second kappa shape index (κ2) is 5.72. The Morgan fingerprint density at radius 2 is 2.04 bits per heavy atom. The van der Waals surface area contributed by atoms with Gasteiger partial charge in [-0.1, -0.05) is 36.8 Å². The molecule has 24 heavy (non-hydrogen) atoms. The molecule has 0 fully saturated rings. The number of nitrogens with zero attached hydrogens (tertiary/aromatic N) is 3. The maximum absolute atomic E-state index is 12.9. The molecular formula is C18H20N4OS. The van der Waals surface area contributed by atoms with Crippen molar-refractivity contribution in [2.45, 2.75) is 26.8 Å². The van der Waals surface area contributed by atoms with Gasteiger partial charge in [0.1, 0.15) is 4.83 Å². The quantitative estimate of drug-likeness (QED) is 0.728. The molecular weight excluding hydrogens is 320 g/mol. The molecule has 2 N–H and O–H groups in total. The van der Waals surface area contributed by atoms with Crippen LogP contribution in [0.15, 0.2) is 29.1 Å². The van der Waals surface area contributed by atoms with E-state index >= 15 is 0 Å². The number of benzene rings is 1. The maximum Gasteiger partial charge on any atom is 0.281 e. The van der Waals surface area contributed by atoms with Crippen LogP contribution in [0.3, 0.4) is 0 Å². The van der Waals surface area contributed by atoms with Crippen molar-refractivity contribution in [3.8, 4) is 11.4 Å². The lowest BCUT2D eigenvalue weighted by Crippen LogP contribution is -2.32. The lowest BCUT2D eigenvalue weighted by atomic mass is 10.1. The van der Waals surface area contributed by atoms with Crippen molar-refractivity contribution < 1.29 is 0 Å². The van der Waals surface area contributed by atoms with Crippen LogP contribution >= 0.6 is 11.3 Å². The Labute approximate surface area is 144 Å². The number of fused-ring (bicyclic) bond motifs is 3. The molecule has 0 unspecified atom stereocenters. The molecule has 0 atom stereocenters. The highest BCUT2D eigenvalue weighted by Crippen LogP contribution is 2.33. The molecule has 0 saturated carbocycles. The molecule has 1 aliphatic rings. The first-order chi connectivity index (χ1) is 11.6. The Kier molecular flexibility index (Phi) is 3.66. The average molecular weight is 340 g/mol. The van der Waals surface area contributed by atoms with Crippen molar-refractivity contribution in [1.82, 2.24) is 14.6 Å². The Balaban J connectivity index is 1.92.